The normalized spacial score (nSPS) is 24.0. The number of nitrogens with two attached hydrogens (primary N) is 1. The second-order valence-electron chi connectivity index (χ2n) is 4.71. The molecule has 1 fully saturated rings. The quantitative estimate of drug-likeness (QED) is 0.893. The standard InChI is InChI=1S/C13H20N2OS/c1-8-5-15-12(9(2)13(8)16-3)4-10-6-17-7-11(10)14/h5,10-11H,4,6-7,14H2,1-3H3. The Balaban J connectivity index is 2.21. The number of nitrogens with zero attached hydrogens (tertiary/aromatic N) is 1. The Hall–Kier alpha value is -0.740. The van der Waals surface area contributed by atoms with Crippen molar-refractivity contribution in [3.63, 3.8) is 0 Å². The van der Waals surface area contributed by atoms with Crippen molar-refractivity contribution < 1.29 is 4.74 Å². The zero-order valence-corrected chi connectivity index (χ0v) is 11.5. The zero-order valence-electron chi connectivity index (χ0n) is 10.7. The summed E-state index contributed by atoms with van der Waals surface area (Å²) in [4.78, 5) is 4.54. The second-order valence-corrected chi connectivity index (χ2v) is 5.79. The highest BCUT2D eigenvalue weighted by Crippen LogP contribution is 2.29. The summed E-state index contributed by atoms with van der Waals surface area (Å²) in [6, 6.07) is 0.313. The molecule has 2 rings (SSSR count). The summed E-state index contributed by atoms with van der Waals surface area (Å²) in [6.45, 7) is 4.11. The number of aromatic nitrogens is 1. The molecule has 0 aromatic carbocycles. The van der Waals surface area contributed by atoms with Crippen LogP contribution in [0.4, 0.5) is 0 Å². The minimum Gasteiger partial charge on any atom is -0.496 e. The summed E-state index contributed by atoms with van der Waals surface area (Å²) in [5.41, 5.74) is 9.49. The number of hydrogen-bond donors (Lipinski definition) is 1. The van der Waals surface area contributed by atoms with Crippen LogP contribution in [0.25, 0.3) is 0 Å². The second kappa shape index (κ2) is 5.27. The van der Waals surface area contributed by atoms with Crippen LogP contribution in [0, 0.1) is 19.8 Å². The average Bonchev–Trinajstić information content (AvgIpc) is 2.69. The van der Waals surface area contributed by atoms with E-state index in [2.05, 4.69) is 11.9 Å². The Kier molecular flexibility index (Phi) is 3.94. The number of methoxy groups -OCH3 is 1. The smallest absolute Gasteiger partial charge is 0.128 e. The van der Waals surface area contributed by atoms with Gasteiger partial charge in [-0.25, -0.2) is 0 Å². The Bertz CT molecular complexity index is 409. The summed E-state index contributed by atoms with van der Waals surface area (Å²) < 4.78 is 5.43. The summed E-state index contributed by atoms with van der Waals surface area (Å²) in [7, 11) is 1.72. The van der Waals surface area contributed by atoms with Crippen LogP contribution in [0.2, 0.25) is 0 Å². The van der Waals surface area contributed by atoms with Crippen molar-refractivity contribution in [2.24, 2.45) is 11.7 Å². The molecule has 2 heterocycles. The Morgan fingerprint density at radius 2 is 2.24 bits per heavy atom. The lowest BCUT2D eigenvalue weighted by atomic mass is 9.96. The van der Waals surface area contributed by atoms with E-state index in [-0.39, 0.29) is 0 Å². The molecule has 0 spiro atoms. The lowest BCUT2D eigenvalue weighted by Crippen LogP contribution is -2.30. The number of aryl methyl sites for hydroxylation is 1. The lowest BCUT2D eigenvalue weighted by molar-refractivity contribution is 0.405. The SMILES string of the molecule is COc1c(C)cnc(CC2CSCC2N)c1C. The fraction of sp³-hybridized carbons (Fsp3) is 0.615. The van der Waals surface area contributed by atoms with Crippen molar-refractivity contribution in [2.45, 2.75) is 26.3 Å². The summed E-state index contributed by atoms with van der Waals surface area (Å²) >= 11 is 1.94. The molecule has 3 nitrogen and oxygen atoms in total. The highest BCUT2D eigenvalue weighted by molar-refractivity contribution is 7.99. The fourth-order valence-corrected chi connectivity index (χ4v) is 3.70. The number of rotatable bonds is 3. The van der Waals surface area contributed by atoms with Crippen molar-refractivity contribution in [1.82, 2.24) is 4.98 Å². The molecule has 2 N–H and O–H groups in total. The molecule has 0 aliphatic carbocycles. The van der Waals surface area contributed by atoms with E-state index in [9.17, 15) is 0 Å². The molecule has 1 aromatic rings. The van der Waals surface area contributed by atoms with Crippen molar-refractivity contribution >= 4 is 11.8 Å². The summed E-state index contributed by atoms with van der Waals surface area (Å²) in [5.74, 6) is 3.75. The molecule has 0 saturated carbocycles. The third-order valence-corrected chi connectivity index (χ3v) is 4.74. The minimum absolute atomic E-state index is 0.313. The number of pyridine rings is 1. The highest BCUT2D eigenvalue weighted by atomic mass is 32.2. The maximum atomic E-state index is 6.10. The van der Waals surface area contributed by atoms with Crippen molar-refractivity contribution in [1.29, 1.82) is 0 Å². The van der Waals surface area contributed by atoms with Gasteiger partial charge in [-0.15, -0.1) is 0 Å². The predicted octanol–water partition coefficient (Wildman–Crippen LogP) is 1.94. The molecular formula is C13H20N2OS. The first kappa shape index (κ1) is 12.7. The van der Waals surface area contributed by atoms with Crippen LogP contribution < -0.4 is 10.5 Å². The summed E-state index contributed by atoms with van der Waals surface area (Å²) in [6.07, 6.45) is 2.87. The lowest BCUT2D eigenvalue weighted by Gasteiger charge is -2.17. The third kappa shape index (κ3) is 2.58. The molecule has 2 unspecified atom stereocenters. The van der Waals surface area contributed by atoms with Gasteiger partial charge in [0, 0.05) is 34.8 Å². The molecule has 1 aliphatic heterocycles. The van der Waals surface area contributed by atoms with Gasteiger partial charge >= 0.3 is 0 Å². The molecule has 94 valence electrons. The predicted molar refractivity (Wildman–Crippen MR) is 72.8 cm³/mol. The molecule has 1 aromatic heterocycles. The Labute approximate surface area is 107 Å². The average molecular weight is 252 g/mol. The summed E-state index contributed by atoms with van der Waals surface area (Å²) in [5, 5.41) is 0. The van der Waals surface area contributed by atoms with Gasteiger partial charge in [-0.2, -0.15) is 11.8 Å². The van der Waals surface area contributed by atoms with E-state index in [1.807, 2.05) is 24.9 Å². The van der Waals surface area contributed by atoms with Crippen LogP contribution in [-0.4, -0.2) is 29.6 Å². The van der Waals surface area contributed by atoms with E-state index < -0.39 is 0 Å². The highest BCUT2D eigenvalue weighted by Gasteiger charge is 2.26. The molecule has 2 atom stereocenters. The van der Waals surface area contributed by atoms with Crippen molar-refractivity contribution in [3.05, 3.63) is 23.0 Å². The van der Waals surface area contributed by atoms with Crippen LogP contribution in [0.3, 0.4) is 0 Å². The fourth-order valence-electron chi connectivity index (χ4n) is 2.35. The van der Waals surface area contributed by atoms with Gasteiger partial charge in [-0.1, -0.05) is 0 Å². The maximum absolute atomic E-state index is 6.10. The molecule has 0 bridgehead atoms. The first-order chi connectivity index (χ1) is 8.13. The molecule has 0 radical (unpaired) electrons. The first-order valence-electron chi connectivity index (χ1n) is 5.96. The largest absolute Gasteiger partial charge is 0.496 e. The van der Waals surface area contributed by atoms with E-state index in [1.54, 1.807) is 7.11 Å². The Morgan fingerprint density at radius 3 is 2.82 bits per heavy atom. The first-order valence-corrected chi connectivity index (χ1v) is 7.11. The Morgan fingerprint density at radius 1 is 1.47 bits per heavy atom. The van der Waals surface area contributed by atoms with Crippen molar-refractivity contribution in [3.8, 4) is 5.75 Å². The van der Waals surface area contributed by atoms with Gasteiger partial charge in [0.1, 0.15) is 5.75 Å². The maximum Gasteiger partial charge on any atom is 0.128 e. The van der Waals surface area contributed by atoms with E-state index >= 15 is 0 Å². The van der Waals surface area contributed by atoms with E-state index in [0.717, 1.165) is 40.5 Å². The van der Waals surface area contributed by atoms with Gasteiger partial charge in [0.05, 0.1) is 7.11 Å². The molecule has 1 saturated heterocycles. The van der Waals surface area contributed by atoms with Gasteiger partial charge in [0.15, 0.2) is 0 Å². The van der Waals surface area contributed by atoms with Gasteiger partial charge < -0.3 is 10.5 Å². The molecule has 1 aliphatic rings. The van der Waals surface area contributed by atoms with Crippen molar-refractivity contribution in [2.75, 3.05) is 18.6 Å². The van der Waals surface area contributed by atoms with Crippen LogP contribution >= 0.6 is 11.8 Å². The molecular weight excluding hydrogens is 232 g/mol. The third-order valence-electron chi connectivity index (χ3n) is 3.45. The number of hydrogen-bond acceptors (Lipinski definition) is 4. The van der Waals surface area contributed by atoms with Crippen LogP contribution in [0.1, 0.15) is 16.8 Å². The monoisotopic (exact) mass is 252 g/mol. The van der Waals surface area contributed by atoms with E-state index in [0.29, 0.717) is 12.0 Å². The van der Waals surface area contributed by atoms with Gasteiger partial charge in [-0.3, -0.25) is 4.98 Å². The molecule has 17 heavy (non-hydrogen) atoms. The van der Waals surface area contributed by atoms with Gasteiger partial charge in [-0.05, 0) is 31.9 Å². The number of thioether (sulfide) groups is 1. The van der Waals surface area contributed by atoms with Crippen LogP contribution in [-0.2, 0) is 6.42 Å². The van der Waals surface area contributed by atoms with Gasteiger partial charge in [0.25, 0.3) is 0 Å². The van der Waals surface area contributed by atoms with E-state index in [1.165, 1.54) is 0 Å². The minimum atomic E-state index is 0.313. The molecule has 0 amide bonds. The van der Waals surface area contributed by atoms with Crippen LogP contribution in [0.5, 0.6) is 5.75 Å². The topological polar surface area (TPSA) is 48.1 Å². The molecule has 4 heteroatoms. The number of ether oxygens (including phenoxy) is 1. The van der Waals surface area contributed by atoms with E-state index in [4.69, 9.17) is 10.5 Å². The van der Waals surface area contributed by atoms with Crippen LogP contribution in [0.15, 0.2) is 6.20 Å². The zero-order chi connectivity index (χ0) is 12.4. The van der Waals surface area contributed by atoms with Gasteiger partial charge in [0.2, 0.25) is 0 Å².